The van der Waals surface area contributed by atoms with E-state index in [1.54, 1.807) is 12.1 Å². The molecule has 0 bridgehead atoms. The van der Waals surface area contributed by atoms with Crippen molar-refractivity contribution in [3.63, 3.8) is 0 Å². The zero-order chi connectivity index (χ0) is 15.4. The summed E-state index contributed by atoms with van der Waals surface area (Å²) in [5, 5.41) is 3.45. The lowest BCUT2D eigenvalue weighted by Crippen LogP contribution is -2.23. The Balaban J connectivity index is 2.33. The van der Waals surface area contributed by atoms with Crippen molar-refractivity contribution in [2.75, 3.05) is 6.54 Å². The van der Waals surface area contributed by atoms with Gasteiger partial charge in [0.1, 0.15) is 11.6 Å². The number of nitrogens with one attached hydrogen (secondary N) is 1. The van der Waals surface area contributed by atoms with Gasteiger partial charge in [-0.1, -0.05) is 36.7 Å². The maximum absolute atomic E-state index is 13.6. The van der Waals surface area contributed by atoms with Crippen molar-refractivity contribution in [1.82, 2.24) is 5.32 Å². The molecular formula is C17H18ClF2N. The third-order valence-corrected chi connectivity index (χ3v) is 3.93. The topological polar surface area (TPSA) is 12.0 Å². The minimum Gasteiger partial charge on any atom is -0.310 e. The fourth-order valence-corrected chi connectivity index (χ4v) is 2.69. The zero-order valence-electron chi connectivity index (χ0n) is 12.1. The Bertz CT molecular complexity index is 628. The lowest BCUT2D eigenvalue weighted by atomic mass is 9.96. The van der Waals surface area contributed by atoms with Gasteiger partial charge in [0.05, 0.1) is 5.02 Å². The summed E-state index contributed by atoms with van der Waals surface area (Å²) in [7, 11) is 0. The average Bonchev–Trinajstić information content (AvgIpc) is 2.44. The van der Waals surface area contributed by atoms with Gasteiger partial charge < -0.3 is 5.32 Å². The van der Waals surface area contributed by atoms with Gasteiger partial charge in [-0.3, -0.25) is 0 Å². The van der Waals surface area contributed by atoms with Crippen LogP contribution < -0.4 is 5.32 Å². The van der Waals surface area contributed by atoms with Crippen LogP contribution in [0.2, 0.25) is 5.02 Å². The highest BCUT2D eigenvalue weighted by molar-refractivity contribution is 6.31. The second-order valence-corrected chi connectivity index (χ2v) is 5.41. The number of hydrogen-bond acceptors (Lipinski definition) is 1. The molecule has 2 aromatic carbocycles. The minimum absolute atomic E-state index is 0.109. The molecule has 1 N–H and O–H groups in total. The summed E-state index contributed by atoms with van der Waals surface area (Å²) >= 11 is 6.08. The van der Waals surface area contributed by atoms with Crippen LogP contribution in [-0.4, -0.2) is 6.54 Å². The standard InChI is InChI=1S/C17H18ClF2N/c1-3-21-16(14-5-4-6-15(20)17(14)18)10-12-7-8-13(19)9-11(12)2/h4-9,16,21H,3,10H2,1-2H3. The first-order valence-corrected chi connectivity index (χ1v) is 7.33. The Labute approximate surface area is 128 Å². The molecule has 1 unspecified atom stereocenters. The molecule has 2 aromatic rings. The van der Waals surface area contributed by atoms with Crippen LogP contribution in [0.25, 0.3) is 0 Å². The van der Waals surface area contributed by atoms with Crippen LogP contribution in [0.3, 0.4) is 0 Å². The maximum Gasteiger partial charge on any atom is 0.142 e. The van der Waals surface area contributed by atoms with Crippen molar-refractivity contribution in [3.05, 3.63) is 69.7 Å². The number of aryl methyl sites for hydroxylation is 1. The third-order valence-electron chi connectivity index (χ3n) is 3.54. The van der Waals surface area contributed by atoms with Crippen molar-refractivity contribution in [1.29, 1.82) is 0 Å². The molecule has 0 aliphatic rings. The summed E-state index contributed by atoms with van der Waals surface area (Å²) in [4.78, 5) is 0. The van der Waals surface area contributed by atoms with Crippen molar-refractivity contribution < 1.29 is 8.78 Å². The van der Waals surface area contributed by atoms with Crippen LogP contribution >= 0.6 is 11.6 Å². The van der Waals surface area contributed by atoms with E-state index in [4.69, 9.17) is 11.6 Å². The van der Waals surface area contributed by atoms with Gasteiger partial charge in [0.25, 0.3) is 0 Å². The third kappa shape index (κ3) is 3.80. The molecule has 0 aliphatic carbocycles. The van der Waals surface area contributed by atoms with Crippen LogP contribution in [0.1, 0.15) is 29.7 Å². The molecule has 0 amide bonds. The van der Waals surface area contributed by atoms with E-state index >= 15 is 0 Å². The Morgan fingerprint density at radius 1 is 1.19 bits per heavy atom. The second-order valence-electron chi connectivity index (χ2n) is 5.03. The highest BCUT2D eigenvalue weighted by Gasteiger charge is 2.17. The van der Waals surface area contributed by atoms with E-state index in [9.17, 15) is 8.78 Å². The second kappa shape index (κ2) is 7.01. The van der Waals surface area contributed by atoms with Crippen LogP contribution in [-0.2, 0) is 6.42 Å². The molecule has 112 valence electrons. The van der Waals surface area contributed by atoms with Crippen LogP contribution in [0, 0.1) is 18.6 Å². The van der Waals surface area contributed by atoms with Crippen LogP contribution in [0.4, 0.5) is 8.78 Å². The number of benzene rings is 2. The van der Waals surface area contributed by atoms with E-state index in [-0.39, 0.29) is 16.9 Å². The maximum atomic E-state index is 13.6. The van der Waals surface area contributed by atoms with Gasteiger partial charge >= 0.3 is 0 Å². The predicted molar refractivity (Wildman–Crippen MR) is 82.7 cm³/mol. The van der Waals surface area contributed by atoms with Crippen molar-refractivity contribution in [3.8, 4) is 0 Å². The summed E-state index contributed by atoms with van der Waals surface area (Å²) in [5.74, 6) is -0.673. The molecule has 0 spiro atoms. The Morgan fingerprint density at radius 3 is 2.62 bits per heavy atom. The Morgan fingerprint density at radius 2 is 1.95 bits per heavy atom. The Hall–Kier alpha value is -1.45. The fourth-order valence-electron chi connectivity index (χ4n) is 2.44. The minimum atomic E-state index is -0.423. The zero-order valence-corrected chi connectivity index (χ0v) is 12.8. The summed E-state index contributed by atoms with van der Waals surface area (Å²) in [6.45, 7) is 4.59. The smallest absolute Gasteiger partial charge is 0.142 e. The van der Waals surface area contributed by atoms with Gasteiger partial charge in [-0.05, 0) is 54.8 Å². The van der Waals surface area contributed by atoms with Crippen molar-refractivity contribution >= 4 is 11.6 Å². The number of hydrogen-bond donors (Lipinski definition) is 1. The monoisotopic (exact) mass is 309 g/mol. The van der Waals surface area contributed by atoms with Crippen LogP contribution in [0.5, 0.6) is 0 Å². The van der Waals surface area contributed by atoms with E-state index in [0.717, 1.165) is 23.2 Å². The predicted octanol–water partition coefficient (Wildman–Crippen LogP) is 4.82. The lowest BCUT2D eigenvalue weighted by Gasteiger charge is -2.21. The van der Waals surface area contributed by atoms with Crippen molar-refractivity contribution in [2.24, 2.45) is 0 Å². The Kier molecular flexibility index (Phi) is 5.32. The molecule has 4 heteroatoms. The summed E-state index contributed by atoms with van der Waals surface area (Å²) in [6.07, 6.45) is 0.628. The highest BCUT2D eigenvalue weighted by Crippen LogP contribution is 2.28. The van der Waals surface area contributed by atoms with E-state index in [2.05, 4.69) is 5.32 Å². The van der Waals surface area contributed by atoms with E-state index in [1.165, 1.54) is 18.2 Å². The summed E-state index contributed by atoms with van der Waals surface area (Å²) < 4.78 is 26.8. The number of rotatable bonds is 5. The van der Waals surface area contributed by atoms with Crippen LogP contribution in [0.15, 0.2) is 36.4 Å². The molecule has 0 saturated carbocycles. The summed E-state index contributed by atoms with van der Waals surface area (Å²) in [6, 6.07) is 9.42. The fraction of sp³-hybridized carbons (Fsp3) is 0.294. The number of likely N-dealkylation sites (N-methyl/N-ethyl adjacent to an activating group) is 1. The van der Waals surface area contributed by atoms with E-state index in [1.807, 2.05) is 19.9 Å². The van der Waals surface area contributed by atoms with Gasteiger partial charge in [0, 0.05) is 6.04 Å². The van der Waals surface area contributed by atoms with Crippen molar-refractivity contribution in [2.45, 2.75) is 26.3 Å². The van der Waals surface area contributed by atoms with Gasteiger partial charge in [-0.25, -0.2) is 8.78 Å². The van der Waals surface area contributed by atoms with Gasteiger partial charge in [-0.2, -0.15) is 0 Å². The summed E-state index contributed by atoms with van der Waals surface area (Å²) in [5.41, 5.74) is 2.62. The number of halogens is 3. The quantitative estimate of drug-likeness (QED) is 0.835. The molecule has 0 saturated heterocycles. The van der Waals surface area contributed by atoms with E-state index < -0.39 is 5.82 Å². The molecule has 0 aromatic heterocycles. The van der Waals surface area contributed by atoms with Gasteiger partial charge in [0.2, 0.25) is 0 Å². The highest BCUT2D eigenvalue weighted by atomic mass is 35.5. The average molecular weight is 310 g/mol. The first-order chi connectivity index (χ1) is 10.0. The normalized spacial score (nSPS) is 12.4. The molecular weight excluding hydrogens is 292 g/mol. The first-order valence-electron chi connectivity index (χ1n) is 6.95. The molecule has 2 rings (SSSR count). The molecule has 1 nitrogen and oxygen atoms in total. The largest absolute Gasteiger partial charge is 0.310 e. The van der Waals surface area contributed by atoms with Gasteiger partial charge in [0.15, 0.2) is 0 Å². The molecule has 0 aliphatic heterocycles. The molecule has 0 heterocycles. The van der Waals surface area contributed by atoms with Gasteiger partial charge in [-0.15, -0.1) is 0 Å². The molecule has 21 heavy (non-hydrogen) atoms. The molecule has 1 atom stereocenters. The molecule has 0 radical (unpaired) electrons. The first kappa shape index (κ1) is 15.9. The SMILES string of the molecule is CCNC(Cc1ccc(F)cc1C)c1cccc(F)c1Cl. The van der Waals surface area contributed by atoms with E-state index in [0.29, 0.717) is 6.42 Å². The lowest BCUT2D eigenvalue weighted by molar-refractivity contribution is 0.541. The molecule has 0 fully saturated rings.